The van der Waals surface area contributed by atoms with Gasteiger partial charge in [-0.2, -0.15) is 4.98 Å². The van der Waals surface area contributed by atoms with E-state index in [1.807, 2.05) is 6.92 Å². The molecule has 3 heterocycles. The number of hydrogen-bond acceptors (Lipinski definition) is 6. The number of rotatable bonds is 5. The van der Waals surface area contributed by atoms with Crippen LogP contribution in [0, 0.1) is 12.8 Å². The Morgan fingerprint density at radius 1 is 1.54 bits per heavy atom. The summed E-state index contributed by atoms with van der Waals surface area (Å²) in [6.45, 7) is 6.99. The van der Waals surface area contributed by atoms with Crippen LogP contribution in [0.5, 0.6) is 0 Å². The van der Waals surface area contributed by atoms with Crippen molar-refractivity contribution in [2.75, 3.05) is 26.1 Å². The lowest BCUT2D eigenvalue weighted by molar-refractivity contribution is -0.215. The highest BCUT2D eigenvalue weighted by atomic mass is 16.6. The minimum absolute atomic E-state index is 0.238. The normalized spacial score (nSPS) is 33.6. The zero-order valence-corrected chi connectivity index (χ0v) is 14.9. The molecule has 3 rings (SSSR count). The first-order chi connectivity index (χ1) is 11.4. The molecule has 7 nitrogen and oxygen atoms in total. The van der Waals surface area contributed by atoms with Gasteiger partial charge in [-0.3, -0.25) is 4.57 Å². The van der Waals surface area contributed by atoms with E-state index in [4.69, 9.17) is 19.9 Å². The van der Waals surface area contributed by atoms with Crippen LogP contribution in [0.25, 0.3) is 0 Å². The fraction of sp³-hybridized carbons (Fsp3) is 0.765. The van der Waals surface area contributed by atoms with Crippen molar-refractivity contribution in [1.82, 2.24) is 9.55 Å². The Morgan fingerprint density at radius 3 is 2.96 bits per heavy atom. The van der Waals surface area contributed by atoms with E-state index in [-0.39, 0.29) is 18.5 Å². The van der Waals surface area contributed by atoms with Gasteiger partial charge in [-0.1, -0.05) is 20.3 Å². The fourth-order valence-corrected chi connectivity index (χ4v) is 4.03. The molecule has 0 aliphatic carbocycles. The average Bonchev–Trinajstić information content (AvgIpc) is 2.72. The summed E-state index contributed by atoms with van der Waals surface area (Å²) < 4.78 is 19.7. The van der Waals surface area contributed by atoms with Crippen molar-refractivity contribution in [3.05, 3.63) is 22.2 Å². The maximum Gasteiger partial charge on any atom is 0.352 e. The first-order valence-electron chi connectivity index (χ1n) is 8.55. The topological polar surface area (TPSA) is 88.6 Å². The third kappa shape index (κ3) is 2.46. The molecule has 2 fully saturated rings. The Kier molecular flexibility index (Phi) is 4.44. The summed E-state index contributed by atoms with van der Waals surface area (Å²) >= 11 is 0. The van der Waals surface area contributed by atoms with Gasteiger partial charge in [0.15, 0.2) is 0 Å². The molecular formula is C17H27N3O4. The fourth-order valence-electron chi connectivity index (χ4n) is 4.03. The molecule has 2 aliphatic heterocycles. The molecule has 0 amide bonds. The molecule has 2 bridgehead atoms. The van der Waals surface area contributed by atoms with Crippen molar-refractivity contribution < 1.29 is 14.2 Å². The lowest BCUT2D eigenvalue weighted by Gasteiger charge is -2.45. The third-order valence-electron chi connectivity index (χ3n) is 5.51. The summed E-state index contributed by atoms with van der Waals surface area (Å²) in [5.74, 6) is 0.738. The van der Waals surface area contributed by atoms with E-state index in [0.29, 0.717) is 12.5 Å². The zero-order valence-electron chi connectivity index (χ0n) is 14.9. The average molecular weight is 337 g/mol. The molecule has 0 saturated carbocycles. The van der Waals surface area contributed by atoms with E-state index in [1.165, 1.54) is 4.57 Å². The number of ether oxygens (including phenoxy) is 3. The Labute approximate surface area is 142 Å². The second kappa shape index (κ2) is 6.13. The summed E-state index contributed by atoms with van der Waals surface area (Å²) in [7, 11) is 1.65. The number of aryl methyl sites for hydroxylation is 1. The lowest BCUT2D eigenvalue weighted by atomic mass is 9.79. The standard InChI is InChI=1S/C17H27N3O4/c1-5-11(2)8-16-6-7-23-17(10-24-16,14(16)22-4)20-9-12(3)13(18)19-15(20)21/h9,11,14H,5-8,10H2,1-4H3,(H2,18,19,21)/t11?,14-,16+,17-/m0/s1. The predicted octanol–water partition coefficient (Wildman–Crippen LogP) is 1.43. The maximum atomic E-state index is 12.5. The summed E-state index contributed by atoms with van der Waals surface area (Å²) in [4.78, 5) is 16.4. The number of nitrogen functional groups attached to an aromatic ring is 1. The Hall–Kier alpha value is -1.44. The highest BCUT2D eigenvalue weighted by Crippen LogP contribution is 2.49. The number of nitrogens with two attached hydrogens (primary N) is 1. The van der Waals surface area contributed by atoms with E-state index in [0.717, 1.165) is 24.8 Å². The van der Waals surface area contributed by atoms with Crippen LogP contribution in [-0.4, -0.2) is 41.6 Å². The first kappa shape index (κ1) is 17.4. The molecule has 2 N–H and O–H groups in total. The predicted molar refractivity (Wildman–Crippen MR) is 89.7 cm³/mol. The number of fused-ring (bicyclic) bond motifs is 2. The van der Waals surface area contributed by atoms with E-state index in [1.54, 1.807) is 13.3 Å². The number of methoxy groups -OCH3 is 1. The molecule has 1 aromatic heterocycles. The van der Waals surface area contributed by atoms with Gasteiger partial charge in [0, 0.05) is 25.3 Å². The molecule has 0 radical (unpaired) electrons. The second-order valence-corrected chi connectivity index (χ2v) is 7.09. The summed E-state index contributed by atoms with van der Waals surface area (Å²) in [6, 6.07) is 0. The van der Waals surface area contributed by atoms with Crippen LogP contribution in [0.1, 0.15) is 38.7 Å². The van der Waals surface area contributed by atoms with Crippen LogP contribution >= 0.6 is 0 Å². The molecule has 2 aliphatic rings. The lowest BCUT2D eigenvalue weighted by Crippen LogP contribution is -2.61. The van der Waals surface area contributed by atoms with Crippen molar-refractivity contribution in [1.29, 1.82) is 0 Å². The van der Waals surface area contributed by atoms with Gasteiger partial charge < -0.3 is 19.9 Å². The van der Waals surface area contributed by atoms with Gasteiger partial charge in [0.05, 0.1) is 13.2 Å². The number of nitrogens with zero attached hydrogens (tertiary/aromatic N) is 2. The highest BCUT2D eigenvalue weighted by Gasteiger charge is 2.64. The summed E-state index contributed by atoms with van der Waals surface area (Å²) in [6.07, 6.45) is 4.04. The van der Waals surface area contributed by atoms with Crippen molar-refractivity contribution in [2.24, 2.45) is 5.92 Å². The molecule has 24 heavy (non-hydrogen) atoms. The minimum atomic E-state index is -0.983. The Bertz CT molecular complexity index is 676. The summed E-state index contributed by atoms with van der Waals surface area (Å²) in [5, 5.41) is 0. The number of aromatic nitrogens is 2. The third-order valence-corrected chi connectivity index (χ3v) is 5.51. The van der Waals surface area contributed by atoms with Crippen molar-refractivity contribution in [3.63, 3.8) is 0 Å². The molecule has 1 unspecified atom stereocenters. The SMILES string of the molecule is CCC(C)C[C@@]12CCO[C@@](n3cc(C)c(N)nc3=O)(CO1)[C@H]2OC. The second-order valence-electron chi connectivity index (χ2n) is 7.09. The molecule has 0 aromatic carbocycles. The van der Waals surface area contributed by atoms with Crippen molar-refractivity contribution >= 4 is 5.82 Å². The molecule has 1 aromatic rings. The smallest absolute Gasteiger partial charge is 0.352 e. The maximum absolute atomic E-state index is 12.5. The molecule has 4 atom stereocenters. The largest absolute Gasteiger partial charge is 0.383 e. The van der Waals surface area contributed by atoms with Gasteiger partial charge in [0.25, 0.3) is 0 Å². The number of anilines is 1. The van der Waals surface area contributed by atoms with Crippen LogP contribution in [0.2, 0.25) is 0 Å². The Balaban J connectivity index is 2.07. The van der Waals surface area contributed by atoms with Crippen molar-refractivity contribution in [3.8, 4) is 0 Å². The molecule has 0 spiro atoms. The van der Waals surface area contributed by atoms with Gasteiger partial charge in [-0.15, -0.1) is 0 Å². The number of hydrogen-bond donors (Lipinski definition) is 1. The minimum Gasteiger partial charge on any atom is -0.383 e. The van der Waals surface area contributed by atoms with Gasteiger partial charge >= 0.3 is 5.69 Å². The van der Waals surface area contributed by atoms with Crippen LogP contribution in [-0.2, 0) is 19.9 Å². The van der Waals surface area contributed by atoms with Gasteiger partial charge in [-0.25, -0.2) is 4.79 Å². The van der Waals surface area contributed by atoms with Crippen molar-refractivity contribution in [2.45, 2.75) is 57.5 Å². The van der Waals surface area contributed by atoms with Crippen LogP contribution in [0.15, 0.2) is 11.0 Å². The van der Waals surface area contributed by atoms with Crippen LogP contribution in [0.4, 0.5) is 5.82 Å². The quantitative estimate of drug-likeness (QED) is 0.874. The highest BCUT2D eigenvalue weighted by molar-refractivity contribution is 5.35. The Morgan fingerprint density at radius 2 is 2.29 bits per heavy atom. The van der Waals surface area contributed by atoms with E-state index in [2.05, 4.69) is 18.8 Å². The first-order valence-corrected chi connectivity index (χ1v) is 8.55. The van der Waals surface area contributed by atoms with Gasteiger partial charge in [0.2, 0.25) is 5.72 Å². The molecule has 134 valence electrons. The van der Waals surface area contributed by atoms with E-state index < -0.39 is 17.0 Å². The van der Waals surface area contributed by atoms with Gasteiger partial charge in [-0.05, 0) is 19.3 Å². The van der Waals surface area contributed by atoms with Crippen LogP contribution < -0.4 is 11.4 Å². The molecule has 2 saturated heterocycles. The van der Waals surface area contributed by atoms with E-state index >= 15 is 0 Å². The molecule has 7 heteroatoms. The molecular weight excluding hydrogens is 310 g/mol. The van der Waals surface area contributed by atoms with Crippen LogP contribution in [0.3, 0.4) is 0 Å². The monoisotopic (exact) mass is 337 g/mol. The summed E-state index contributed by atoms with van der Waals surface area (Å²) in [5.41, 5.74) is 4.64. The van der Waals surface area contributed by atoms with E-state index in [9.17, 15) is 4.79 Å². The van der Waals surface area contributed by atoms with Gasteiger partial charge in [0.1, 0.15) is 17.5 Å². The zero-order chi connectivity index (χ0) is 17.5.